The third-order valence-corrected chi connectivity index (χ3v) is 4.57. The molecule has 0 unspecified atom stereocenters. The average molecular weight is 335 g/mol. The largest absolute Gasteiger partial charge is 0.437 e. The van der Waals surface area contributed by atoms with Crippen molar-refractivity contribution in [3.8, 4) is 11.6 Å². The van der Waals surface area contributed by atoms with E-state index in [4.69, 9.17) is 9.72 Å². The van der Waals surface area contributed by atoms with Gasteiger partial charge in [-0.05, 0) is 31.5 Å². The van der Waals surface area contributed by atoms with E-state index in [1.54, 1.807) is 6.20 Å². The molecule has 6 nitrogen and oxygen atoms in total. The maximum absolute atomic E-state index is 5.83. The second-order valence-electron chi connectivity index (χ2n) is 6.28. The molecule has 0 bridgehead atoms. The number of rotatable bonds is 5. The zero-order valence-corrected chi connectivity index (χ0v) is 14.2. The minimum absolute atomic E-state index is 0.253. The van der Waals surface area contributed by atoms with E-state index in [9.17, 15) is 0 Å². The van der Waals surface area contributed by atoms with Gasteiger partial charge in [0.05, 0.1) is 30.7 Å². The first-order chi connectivity index (χ1) is 12.3. The summed E-state index contributed by atoms with van der Waals surface area (Å²) in [5, 5.41) is 0. The molecule has 128 valence electrons. The van der Waals surface area contributed by atoms with Gasteiger partial charge in [0.1, 0.15) is 11.6 Å². The highest BCUT2D eigenvalue weighted by atomic mass is 16.5. The molecule has 0 N–H and O–H groups in total. The lowest BCUT2D eigenvalue weighted by Gasteiger charge is -2.23. The number of para-hydroxylation sites is 1. The lowest BCUT2D eigenvalue weighted by Crippen LogP contribution is -2.25. The molecule has 0 radical (unpaired) electrons. The summed E-state index contributed by atoms with van der Waals surface area (Å²) in [6, 6.07) is 9.93. The van der Waals surface area contributed by atoms with Crippen LogP contribution in [0.1, 0.15) is 30.4 Å². The number of ether oxygens (including phenoxy) is 1. The Kier molecular flexibility index (Phi) is 4.43. The van der Waals surface area contributed by atoms with Crippen LogP contribution < -0.4 is 4.74 Å². The molecule has 1 aliphatic rings. The highest BCUT2D eigenvalue weighted by molar-refractivity contribution is 5.26. The second kappa shape index (κ2) is 7.03. The number of nitrogens with zero attached hydrogens (tertiary/aromatic N) is 5. The zero-order chi connectivity index (χ0) is 17.1. The van der Waals surface area contributed by atoms with Crippen molar-refractivity contribution in [3.63, 3.8) is 0 Å². The number of benzene rings is 1. The van der Waals surface area contributed by atoms with Crippen LogP contribution in [0.2, 0.25) is 0 Å². The van der Waals surface area contributed by atoms with Gasteiger partial charge in [0.25, 0.3) is 0 Å². The monoisotopic (exact) mass is 335 g/mol. The average Bonchev–Trinajstić information content (AvgIpc) is 3.26. The zero-order valence-electron chi connectivity index (χ0n) is 14.2. The molecule has 0 aliphatic carbocycles. The van der Waals surface area contributed by atoms with Gasteiger partial charge in [0.2, 0.25) is 5.88 Å². The fraction of sp³-hybridized carbons (Fsp3) is 0.316. The Morgan fingerprint density at radius 2 is 2.08 bits per heavy atom. The van der Waals surface area contributed by atoms with E-state index in [0.29, 0.717) is 5.88 Å². The maximum atomic E-state index is 5.83. The molecule has 0 saturated carbocycles. The van der Waals surface area contributed by atoms with Crippen molar-refractivity contribution in [2.45, 2.75) is 25.4 Å². The van der Waals surface area contributed by atoms with Crippen LogP contribution >= 0.6 is 0 Å². The molecular formula is C19H21N5O. The van der Waals surface area contributed by atoms with Crippen molar-refractivity contribution in [1.29, 1.82) is 0 Å². The Morgan fingerprint density at radius 3 is 2.88 bits per heavy atom. The van der Waals surface area contributed by atoms with Crippen molar-refractivity contribution >= 4 is 0 Å². The van der Waals surface area contributed by atoms with E-state index in [2.05, 4.69) is 19.4 Å². The lowest BCUT2D eigenvalue weighted by atomic mass is 10.1. The van der Waals surface area contributed by atoms with E-state index in [1.165, 1.54) is 0 Å². The molecule has 6 heteroatoms. The predicted octanol–water partition coefficient (Wildman–Crippen LogP) is 3.34. The van der Waals surface area contributed by atoms with E-state index in [-0.39, 0.29) is 6.04 Å². The molecule has 0 spiro atoms. The smallest absolute Gasteiger partial charge is 0.238 e. The maximum Gasteiger partial charge on any atom is 0.238 e. The van der Waals surface area contributed by atoms with Crippen LogP contribution in [0.5, 0.6) is 11.6 Å². The quantitative estimate of drug-likeness (QED) is 0.716. The van der Waals surface area contributed by atoms with Crippen LogP contribution in [0.3, 0.4) is 0 Å². The fourth-order valence-corrected chi connectivity index (χ4v) is 3.26. The molecule has 0 amide bonds. The first kappa shape index (κ1) is 15.8. The molecule has 1 aromatic carbocycles. The number of aryl methyl sites for hydroxylation is 1. The summed E-state index contributed by atoms with van der Waals surface area (Å²) in [6.45, 7) is 1.86. The van der Waals surface area contributed by atoms with Gasteiger partial charge in [0.15, 0.2) is 0 Å². The Labute approximate surface area is 147 Å². The van der Waals surface area contributed by atoms with Gasteiger partial charge in [-0.3, -0.25) is 9.88 Å². The molecule has 1 fully saturated rings. The second-order valence-corrected chi connectivity index (χ2v) is 6.28. The van der Waals surface area contributed by atoms with Crippen molar-refractivity contribution in [3.05, 3.63) is 66.6 Å². The minimum atomic E-state index is 0.253. The van der Waals surface area contributed by atoms with Gasteiger partial charge < -0.3 is 9.30 Å². The topological polar surface area (TPSA) is 56.1 Å². The number of hydrogen-bond donors (Lipinski definition) is 0. The van der Waals surface area contributed by atoms with Crippen LogP contribution in [-0.4, -0.2) is 31.0 Å². The van der Waals surface area contributed by atoms with Crippen molar-refractivity contribution in [2.24, 2.45) is 7.05 Å². The Balaban J connectivity index is 1.52. The molecule has 3 aromatic rings. The Bertz CT molecular complexity index is 833. The molecule has 1 atom stereocenters. The Morgan fingerprint density at radius 1 is 1.20 bits per heavy atom. The van der Waals surface area contributed by atoms with E-state index in [1.807, 2.05) is 56.0 Å². The summed E-state index contributed by atoms with van der Waals surface area (Å²) in [6.07, 6.45) is 9.56. The molecule has 1 aliphatic heterocycles. The van der Waals surface area contributed by atoms with Crippen LogP contribution in [0.15, 0.2) is 55.1 Å². The van der Waals surface area contributed by atoms with Gasteiger partial charge in [-0.15, -0.1) is 0 Å². The third-order valence-electron chi connectivity index (χ3n) is 4.57. The normalized spacial score (nSPS) is 17.7. The minimum Gasteiger partial charge on any atom is -0.437 e. The van der Waals surface area contributed by atoms with Gasteiger partial charge in [-0.1, -0.05) is 18.2 Å². The van der Waals surface area contributed by atoms with E-state index in [0.717, 1.165) is 43.2 Å². The van der Waals surface area contributed by atoms with Crippen LogP contribution in [0.4, 0.5) is 0 Å². The molecular weight excluding hydrogens is 314 g/mol. The highest BCUT2D eigenvalue weighted by Crippen LogP contribution is 2.32. The summed E-state index contributed by atoms with van der Waals surface area (Å²) in [4.78, 5) is 15.9. The van der Waals surface area contributed by atoms with E-state index >= 15 is 0 Å². The van der Waals surface area contributed by atoms with Gasteiger partial charge in [-0.2, -0.15) is 0 Å². The van der Waals surface area contributed by atoms with E-state index < -0.39 is 0 Å². The van der Waals surface area contributed by atoms with Crippen LogP contribution in [0, 0.1) is 0 Å². The molecule has 3 heterocycles. The van der Waals surface area contributed by atoms with Crippen molar-refractivity contribution in [1.82, 2.24) is 24.4 Å². The number of imidazole rings is 1. The van der Waals surface area contributed by atoms with Crippen molar-refractivity contribution in [2.75, 3.05) is 6.54 Å². The predicted molar refractivity (Wildman–Crippen MR) is 94.1 cm³/mol. The van der Waals surface area contributed by atoms with Crippen molar-refractivity contribution < 1.29 is 4.74 Å². The van der Waals surface area contributed by atoms with Crippen LogP contribution in [0.25, 0.3) is 0 Å². The first-order valence-electron chi connectivity index (χ1n) is 8.55. The van der Waals surface area contributed by atoms with Crippen LogP contribution in [-0.2, 0) is 13.6 Å². The molecule has 2 aromatic heterocycles. The highest BCUT2D eigenvalue weighted by Gasteiger charge is 2.28. The van der Waals surface area contributed by atoms with Gasteiger partial charge in [-0.25, -0.2) is 9.97 Å². The molecule has 1 saturated heterocycles. The number of hydrogen-bond acceptors (Lipinski definition) is 5. The number of likely N-dealkylation sites (tertiary alicyclic amines) is 1. The summed E-state index contributed by atoms with van der Waals surface area (Å²) >= 11 is 0. The SMILES string of the molecule is Cn1ccnc1CN1CCC[C@H]1c1cncc(Oc2ccccc2)n1. The first-order valence-corrected chi connectivity index (χ1v) is 8.55. The summed E-state index contributed by atoms with van der Waals surface area (Å²) in [5.74, 6) is 2.37. The molecule has 4 rings (SSSR count). The van der Waals surface area contributed by atoms with Gasteiger partial charge in [0, 0.05) is 19.4 Å². The lowest BCUT2D eigenvalue weighted by molar-refractivity contribution is 0.234. The molecule has 25 heavy (non-hydrogen) atoms. The summed E-state index contributed by atoms with van der Waals surface area (Å²) < 4.78 is 7.90. The summed E-state index contributed by atoms with van der Waals surface area (Å²) in [5.41, 5.74) is 0.958. The fourth-order valence-electron chi connectivity index (χ4n) is 3.26. The summed E-state index contributed by atoms with van der Waals surface area (Å²) in [7, 11) is 2.03. The standard InChI is InChI=1S/C19H21N5O/c1-23-11-9-21-18(23)14-24-10-5-8-17(24)16-12-20-13-19(22-16)25-15-6-3-2-4-7-15/h2-4,6-7,9,11-13,17H,5,8,10,14H2,1H3/t17-/m0/s1. The van der Waals surface area contributed by atoms with Gasteiger partial charge >= 0.3 is 0 Å². The number of aromatic nitrogens is 4. The Hall–Kier alpha value is -2.73. The third kappa shape index (κ3) is 3.53.